The van der Waals surface area contributed by atoms with Gasteiger partial charge in [-0.3, -0.25) is 0 Å². The quantitative estimate of drug-likeness (QED) is 0.711. The zero-order chi connectivity index (χ0) is 9.14. The van der Waals surface area contributed by atoms with Gasteiger partial charge in [-0.25, -0.2) is 0 Å². The topological polar surface area (TPSA) is 35.0 Å². The molecule has 0 aromatic carbocycles. The normalized spacial score (nSPS) is 10.4. The summed E-state index contributed by atoms with van der Waals surface area (Å²) in [6.45, 7) is 4.09. The maximum atomic E-state index is 5.82. The summed E-state index contributed by atoms with van der Waals surface area (Å²) in [6, 6.07) is 1.81. The van der Waals surface area contributed by atoms with Crippen molar-refractivity contribution in [2.75, 3.05) is 7.11 Å². The smallest absolute Gasteiger partial charge is 0.233 e. The van der Waals surface area contributed by atoms with Crippen molar-refractivity contribution >= 4 is 11.6 Å². The van der Waals surface area contributed by atoms with Crippen LogP contribution < -0.4 is 4.74 Å². The predicted octanol–water partition coefficient (Wildman–Crippen LogP) is 2.26. The van der Waals surface area contributed by atoms with Crippen LogP contribution >= 0.6 is 11.6 Å². The van der Waals surface area contributed by atoms with Gasteiger partial charge in [0.25, 0.3) is 0 Å². The molecule has 0 fully saturated rings. The van der Waals surface area contributed by atoms with E-state index in [0.29, 0.717) is 17.0 Å². The highest BCUT2D eigenvalue weighted by Crippen LogP contribution is 2.23. The molecule has 1 heterocycles. The first kappa shape index (κ1) is 9.26. The molecule has 0 amide bonds. The van der Waals surface area contributed by atoms with Crippen LogP contribution in [0.15, 0.2) is 6.07 Å². The molecule has 0 radical (unpaired) electrons. The molecule has 0 unspecified atom stereocenters. The summed E-state index contributed by atoms with van der Waals surface area (Å²) in [5.74, 6) is 0.838. The first-order valence-electron chi connectivity index (χ1n) is 3.72. The van der Waals surface area contributed by atoms with Gasteiger partial charge in [-0.1, -0.05) is 25.4 Å². The van der Waals surface area contributed by atoms with E-state index in [1.54, 1.807) is 13.2 Å². The number of ether oxygens (including phenoxy) is 1. The number of methoxy groups -OCH3 is 1. The van der Waals surface area contributed by atoms with Crippen LogP contribution in [0.5, 0.6) is 5.88 Å². The third-order valence-electron chi connectivity index (χ3n) is 1.58. The lowest BCUT2D eigenvalue weighted by Gasteiger charge is -2.07. The van der Waals surface area contributed by atoms with Crippen molar-refractivity contribution in [3.8, 4) is 5.88 Å². The molecule has 0 saturated heterocycles. The summed E-state index contributed by atoms with van der Waals surface area (Å²) in [5, 5.41) is 7.95. The lowest BCUT2D eigenvalue weighted by Crippen LogP contribution is -1.97. The van der Waals surface area contributed by atoms with E-state index in [1.807, 2.05) is 13.8 Å². The Balaban J connectivity index is 3.08. The fraction of sp³-hybridized carbons (Fsp3) is 0.500. The van der Waals surface area contributed by atoms with Gasteiger partial charge in [0.05, 0.1) is 7.11 Å². The van der Waals surface area contributed by atoms with E-state index in [-0.39, 0.29) is 0 Å². The average Bonchev–Trinajstić information content (AvgIpc) is 2.05. The Labute approximate surface area is 76.7 Å². The summed E-state index contributed by atoms with van der Waals surface area (Å²) in [5.41, 5.74) is 0.962. The van der Waals surface area contributed by atoms with Gasteiger partial charge in [-0.15, -0.1) is 10.2 Å². The van der Waals surface area contributed by atoms with E-state index in [0.717, 1.165) is 5.56 Å². The van der Waals surface area contributed by atoms with E-state index in [4.69, 9.17) is 16.3 Å². The Kier molecular flexibility index (Phi) is 2.87. The van der Waals surface area contributed by atoms with E-state index in [2.05, 4.69) is 10.2 Å². The zero-order valence-corrected chi connectivity index (χ0v) is 8.09. The first-order valence-corrected chi connectivity index (χ1v) is 4.10. The van der Waals surface area contributed by atoms with Crippen LogP contribution in [0.1, 0.15) is 25.3 Å². The number of rotatable bonds is 2. The Hall–Kier alpha value is -0.830. The molecule has 3 nitrogen and oxygen atoms in total. The average molecular weight is 187 g/mol. The minimum Gasteiger partial charge on any atom is -0.480 e. The van der Waals surface area contributed by atoms with Gasteiger partial charge in [0, 0.05) is 6.07 Å². The minimum absolute atomic E-state index is 0.335. The monoisotopic (exact) mass is 186 g/mol. The Morgan fingerprint density at radius 2 is 2.08 bits per heavy atom. The van der Waals surface area contributed by atoms with Gasteiger partial charge in [-0.2, -0.15) is 0 Å². The molecular formula is C8H11ClN2O. The van der Waals surface area contributed by atoms with Crippen LogP contribution in [0, 0.1) is 0 Å². The molecule has 0 bridgehead atoms. The van der Waals surface area contributed by atoms with Gasteiger partial charge in [0.2, 0.25) is 5.88 Å². The van der Waals surface area contributed by atoms with E-state index in [1.165, 1.54) is 0 Å². The summed E-state index contributed by atoms with van der Waals surface area (Å²) >= 11 is 5.82. The fourth-order valence-corrected chi connectivity index (χ4v) is 1.19. The van der Waals surface area contributed by atoms with Gasteiger partial charge in [0.1, 0.15) is 0 Å². The van der Waals surface area contributed by atoms with E-state index < -0.39 is 0 Å². The highest BCUT2D eigenvalue weighted by atomic mass is 35.5. The Morgan fingerprint density at radius 3 is 2.58 bits per heavy atom. The highest BCUT2D eigenvalue weighted by Gasteiger charge is 2.08. The maximum absolute atomic E-state index is 5.82. The SMILES string of the molecule is COc1cc(C(C)C)c(Cl)nn1. The first-order chi connectivity index (χ1) is 5.65. The lowest BCUT2D eigenvalue weighted by atomic mass is 10.1. The second-order valence-electron chi connectivity index (χ2n) is 2.79. The molecule has 12 heavy (non-hydrogen) atoms. The van der Waals surface area contributed by atoms with Crippen molar-refractivity contribution in [2.24, 2.45) is 0 Å². The number of hydrogen-bond acceptors (Lipinski definition) is 3. The Bertz CT molecular complexity index is 276. The molecule has 0 aliphatic rings. The van der Waals surface area contributed by atoms with Gasteiger partial charge < -0.3 is 4.74 Å². The van der Waals surface area contributed by atoms with Crippen molar-refractivity contribution in [2.45, 2.75) is 19.8 Å². The molecule has 1 rings (SSSR count). The molecule has 4 heteroatoms. The van der Waals surface area contributed by atoms with Crippen molar-refractivity contribution in [3.63, 3.8) is 0 Å². The van der Waals surface area contributed by atoms with Crippen molar-refractivity contribution in [1.29, 1.82) is 0 Å². The summed E-state index contributed by atoms with van der Waals surface area (Å²) in [7, 11) is 1.56. The molecule has 0 N–H and O–H groups in total. The number of aromatic nitrogens is 2. The molecule has 0 aliphatic heterocycles. The van der Waals surface area contributed by atoms with Gasteiger partial charge >= 0.3 is 0 Å². The van der Waals surface area contributed by atoms with Crippen molar-refractivity contribution in [1.82, 2.24) is 10.2 Å². The van der Waals surface area contributed by atoms with E-state index >= 15 is 0 Å². The maximum Gasteiger partial charge on any atom is 0.233 e. The van der Waals surface area contributed by atoms with Crippen LogP contribution in [0.2, 0.25) is 5.15 Å². The number of halogens is 1. The lowest BCUT2D eigenvalue weighted by molar-refractivity contribution is 0.391. The fourth-order valence-electron chi connectivity index (χ4n) is 0.877. The molecule has 1 aromatic rings. The Morgan fingerprint density at radius 1 is 1.42 bits per heavy atom. The third-order valence-corrected chi connectivity index (χ3v) is 1.88. The molecule has 0 saturated carbocycles. The van der Waals surface area contributed by atoms with Crippen LogP contribution in [0.4, 0.5) is 0 Å². The van der Waals surface area contributed by atoms with Crippen LogP contribution in [0.3, 0.4) is 0 Å². The molecule has 1 aromatic heterocycles. The number of nitrogens with zero attached hydrogens (tertiary/aromatic N) is 2. The summed E-state index contributed by atoms with van der Waals surface area (Å²) < 4.78 is 4.93. The van der Waals surface area contributed by atoms with Crippen molar-refractivity contribution < 1.29 is 4.74 Å². The van der Waals surface area contributed by atoms with Crippen LogP contribution in [-0.2, 0) is 0 Å². The summed E-state index contributed by atoms with van der Waals surface area (Å²) in [4.78, 5) is 0. The number of hydrogen-bond donors (Lipinski definition) is 0. The van der Waals surface area contributed by atoms with Crippen molar-refractivity contribution in [3.05, 3.63) is 16.8 Å². The summed E-state index contributed by atoms with van der Waals surface area (Å²) in [6.07, 6.45) is 0. The second-order valence-corrected chi connectivity index (χ2v) is 3.15. The molecule has 0 spiro atoms. The predicted molar refractivity (Wildman–Crippen MR) is 47.7 cm³/mol. The van der Waals surface area contributed by atoms with Gasteiger partial charge in [-0.05, 0) is 11.5 Å². The van der Waals surface area contributed by atoms with Crippen LogP contribution in [-0.4, -0.2) is 17.3 Å². The zero-order valence-electron chi connectivity index (χ0n) is 7.34. The largest absolute Gasteiger partial charge is 0.480 e. The van der Waals surface area contributed by atoms with E-state index in [9.17, 15) is 0 Å². The molecule has 66 valence electrons. The minimum atomic E-state index is 0.335. The van der Waals surface area contributed by atoms with Gasteiger partial charge in [0.15, 0.2) is 5.15 Å². The highest BCUT2D eigenvalue weighted by molar-refractivity contribution is 6.30. The molecule has 0 aliphatic carbocycles. The second kappa shape index (κ2) is 3.72. The molecular weight excluding hydrogens is 176 g/mol. The molecule has 0 atom stereocenters. The third kappa shape index (κ3) is 1.85. The van der Waals surface area contributed by atoms with Crippen LogP contribution in [0.25, 0.3) is 0 Å². The standard InChI is InChI=1S/C8H11ClN2O/c1-5(2)6-4-7(12-3)10-11-8(6)9/h4-5H,1-3H3.